The molecule has 19 heteroatoms. The largest absolute Gasteiger partial charge is 0.472 e. The molecular formula is C85H166O17P2. The van der Waals surface area contributed by atoms with E-state index in [0.717, 1.165) is 102 Å². The van der Waals surface area contributed by atoms with Crippen molar-refractivity contribution in [3.63, 3.8) is 0 Å². The van der Waals surface area contributed by atoms with Crippen molar-refractivity contribution in [1.29, 1.82) is 0 Å². The van der Waals surface area contributed by atoms with Crippen LogP contribution in [-0.4, -0.2) is 96.7 Å². The monoisotopic (exact) mass is 1520 g/mol. The van der Waals surface area contributed by atoms with Crippen LogP contribution in [0.3, 0.4) is 0 Å². The molecule has 0 saturated carbocycles. The first-order chi connectivity index (χ1) is 50.4. The van der Waals surface area contributed by atoms with Crippen molar-refractivity contribution < 1.29 is 80.2 Å². The van der Waals surface area contributed by atoms with E-state index in [9.17, 15) is 43.2 Å². The molecule has 0 fully saturated rings. The van der Waals surface area contributed by atoms with Crippen LogP contribution in [0.15, 0.2) is 0 Å². The average Bonchev–Trinajstić information content (AvgIpc) is 0.906. The first-order valence-corrected chi connectivity index (χ1v) is 47.0. The molecule has 3 unspecified atom stereocenters. The summed E-state index contributed by atoms with van der Waals surface area (Å²) in [6, 6.07) is 0. The minimum Gasteiger partial charge on any atom is -0.462 e. The van der Waals surface area contributed by atoms with Gasteiger partial charge in [-0.05, 0) is 37.5 Å². The molecule has 618 valence electrons. The molecule has 0 aromatic carbocycles. The van der Waals surface area contributed by atoms with Gasteiger partial charge in [0.2, 0.25) is 0 Å². The Morgan fingerprint density at radius 1 is 0.279 bits per heavy atom. The van der Waals surface area contributed by atoms with Crippen molar-refractivity contribution in [2.45, 2.75) is 471 Å². The van der Waals surface area contributed by atoms with Gasteiger partial charge in [-0.3, -0.25) is 37.3 Å². The number of unbranched alkanes of at least 4 members (excludes halogenated alkanes) is 53. The van der Waals surface area contributed by atoms with Gasteiger partial charge in [-0.15, -0.1) is 0 Å². The summed E-state index contributed by atoms with van der Waals surface area (Å²) in [6.07, 6.45) is 68.0. The van der Waals surface area contributed by atoms with E-state index in [1.807, 2.05) is 0 Å². The van der Waals surface area contributed by atoms with Crippen LogP contribution in [0.5, 0.6) is 0 Å². The van der Waals surface area contributed by atoms with Gasteiger partial charge in [0.15, 0.2) is 12.2 Å². The summed E-state index contributed by atoms with van der Waals surface area (Å²) < 4.78 is 68.9. The highest BCUT2D eigenvalue weighted by Crippen LogP contribution is 2.45. The molecule has 0 aromatic heterocycles. The molecular weight excluding hydrogens is 1350 g/mol. The molecule has 17 nitrogen and oxygen atoms in total. The first kappa shape index (κ1) is 102. The predicted octanol–water partition coefficient (Wildman–Crippen LogP) is 25.8. The fourth-order valence-electron chi connectivity index (χ4n) is 13.2. The van der Waals surface area contributed by atoms with Crippen LogP contribution < -0.4 is 0 Å². The Bertz CT molecular complexity index is 2000. The number of carbonyl (C=O) groups is 4. The fraction of sp³-hybridized carbons (Fsp3) is 0.953. The predicted molar refractivity (Wildman–Crippen MR) is 428 cm³/mol. The molecule has 0 bridgehead atoms. The summed E-state index contributed by atoms with van der Waals surface area (Å²) in [5.41, 5.74) is 0. The van der Waals surface area contributed by atoms with Crippen LogP contribution in [0.1, 0.15) is 452 Å². The zero-order chi connectivity index (χ0) is 76.4. The second-order valence-electron chi connectivity index (χ2n) is 31.3. The Kier molecular flexibility index (Phi) is 75.0. The van der Waals surface area contributed by atoms with E-state index in [2.05, 4.69) is 41.5 Å². The van der Waals surface area contributed by atoms with Crippen LogP contribution >= 0.6 is 15.6 Å². The van der Waals surface area contributed by atoms with Crippen LogP contribution in [0.2, 0.25) is 0 Å². The number of phosphoric acid groups is 2. The maximum absolute atomic E-state index is 13.1. The number of aliphatic hydroxyl groups excluding tert-OH is 1. The highest BCUT2D eigenvalue weighted by molar-refractivity contribution is 7.47. The summed E-state index contributed by atoms with van der Waals surface area (Å²) in [5.74, 6) is -0.542. The summed E-state index contributed by atoms with van der Waals surface area (Å²) in [4.78, 5) is 73.2. The van der Waals surface area contributed by atoms with Gasteiger partial charge in [-0.1, -0.05) is 401 Å². The van der Waals surface area contributed by atoms with Gasteiger partial charge in [0.05, 0.1) is 26.4 Å². The zero-order valence-electron chi connectivity index (χ0n) is 68.3. The number of phosphoric ester groups is 2. The molecule has 0 aliphatic rings. The quantitative estimate of drug-likeness (QED) is 0.0222. The smallest absolute Gasteiger partial charge is 0.462 e. The third kappa shape index (κ3) is 76.8. The number of aliphatic hydroxyl groups is 1. The van der Waals surface area contributed by atoms with Crippen LogP contribution in [0, 0.1) is 11.8 Å². The first-order valence-electron chi connectivity index (χ1n) is 44.0. The van der Waals surface area contributed by atoms with Crippen LogP contribution in [0.4, 0.5) is 0 Å². The Morgan fingerprint density at radius 3 is 0.731 bits per heavy atom. The molecule has 0 heterocycles. The van der Waals surface area contributed by atoms with Gasteiger partial charge in [0, 0.05) is 25.7 Å². The molecule has 0 radical (unpaired) electrons. The average molecular weight is 1520 g/mol. The lowest BCUT2D eigenvalue weighted by Gasteiger charge is -2.21. The van der Waals surface area contributed by atoms with E-state index in [4.69, 9.17) is 37.0 Å². The van der Waals surface area contributed by atoms with Crippen molar-refractivity contribution in [2.75, 3.05) is 39.6 Å². The lowest BCUT2D eigenvalue weighted by Crippen LogP contribution is -2.30. The molecule has 0 aromatic rings. The third-order valence-corrected chi connectivity index (χ3v) is 22.2. The van der Waals surface area contributed by atoms with E-state index >= 15 is 0 Å². The Hall–Kier alpha value is -1.94. The number of carbonyl (C=O) groups excluding carboxylic acids is 4. The topological polar surface area (TPSA) is 237 Å². The van der Waals surface area contributed by atoms with Crippen LogP contribution in [-0.2, 0) is 65.4 Å². The Morgan fingerprint density at radius 2 is 0.490 bits per heavy atom. The SMILES string of the molecule is CCCCCCCCCCCCCCCCCCCCCCCCC(=O)O[C@H](COC(=O)CCCCCCCCCCCCCCCCC)COP(=O)(O)OC[C@@H](O)COP(=O)(O)OC[C@@H](COC(=O)CCCCCCCCCCCCC(C)C)OC(=O)CCCCCCCCCCCCC(C)CC. The second-order valence-corrected chi connectivity index (χ2v) is 34.2. The van der Waals surface area contributed by atoms with Crippen LogP contribution in [0.25, 0.3) is 0 Å². The van der Waals surface area contributed by atoms with Gasteiger partial charge >= 0.3 is 39.5 Å². The number of ether oxygens (including phenoxy) is 4. The van der Waals surface area contributed by atoms with Crippen molar-refractivity contribution in [3.8, 4) is 0 Å². The van der Waals surface area contributed by atoms with Gasteiger partial charge in [0.1, 0.15) is 19.3 Å². The summed E-state index contributed by atoms with van der Waals surface area (Å²) in [5, 5.41) is 10.7. The molecule has 0 aliphatic heterocycles. The van der Waals surface area contributed by atoms with E-state index < -0.39 is 97.5 Å². The lowest BCUT2D eigenvalue weighted by molar-refractivity contribution is -0.161. The number of rotatable bonds is 84. The Balaban J connectivity index is 5.24. The normalized spacial score (nSPS) is 14.1. The molecule has 0 spiro atoms. The van der Waals surface area contributed by atoms with E-state index in [1.54, 1.807) is 0 Å². The minimum absolute atomic E-state index is 0.106. The van der Waals surface area contributed by atoms with Gasteiger partial charge in [0.25, 0.3) is 0 Å². The molecule has 3 N–H and O–H groups in total. The number of esters is 4. The summed E-state index contributed by atoms with van der Waals surface area (Å²) in [7, 11) is -9.93. The van der Waals surface area contributed by atoms with Crippen molar-refractivity contribution in [3.05, 3.63) is 0 Å². The van der Waals surface area contributed by atoms with Crippen molar-refractivity contribution >= 4 is 39.5 Å². The maximum Gasteiger partial charge on any atom is 0.472 e. The third-order valence-electron chi connectivity index (χ3n) is 20.3. The summed E-state index contributed by atoms with van der Waals surface area (Å²) in [6.45, 7) is 9.68. The van der Waals surface area contributed by atoms with Crippen molar-refractivity contribution in [2.24, 2.45) is 11.8 Å². The zero-order valence-corrected chi connectivity index (χ0v) is 70.1. The fourth-order valence-corrected chi connectivity index (χ4v) is 14.8. The molecule has 0 saturated heterocycles. The number of hydrogen-bond donors (Lipinski definition) is 3. The van der Waals surface area contributed by atoms with Gasteiger partial charge in [-0.2, -0.15) is 0 Å². The van der Waals surface area contributed by atoms with E-state index in [0.29, 0.717) is 25.7 Å². The molecule has 0 rings (SSSR count). The van der Waals surface area contributed by atoms with E-state index in [-0.39, 0.29) is 25.7 Å². The minimum atomic E-state index is -4.96. The van der Waals surface area contributed by atoms with Gasteiger partial charge in [-0.25, -0.2) is 9.13 Å². The highest BCUT2D eigenvalue weighted by atomic mass is 31.2. The molecule has 104 heavy (non-hydrogen) atoms. The van der Waals surface area contributed by atoms with E-state index in [1.165, 1.54) is 270 Å². The van der Waals surface area contributed by atoms with Gasteiger partial charge < -0.3 is 33.8 Å². The summed E-state index contributed by atoms with van der Waals surface area (Å²) >= 11 is 0. The Labute approximate surface area is 638 Å². The lowest BCUT2D eigenvalue weighted by atomic mass is 9.99. The molecule has 0 amide bonds. The standard InChI is InChI=1S/C85H166O17P2/c1-7-10-12-14-16-18-20-22-24-25-26-27-28-29-30-32-34-36-45-51-57-63-69-84(89)101-80(73-95-82(87)67-61-55-49-43-35-33-31-23-21-19-17-15-13-11-8-2)75-99-103(91,92)97-71-79(86)72-98-104(93,94)100-76-81(74-96-83(88)68-62-56-50-44-39-37-41-47-53-59-65-77(4)5)102-85(90)70-64-58-52-46-40-38-42-48-54-60-66-78(6)9-3/h77-81,86H,7-76H2,1-6H3,(H,91,92)(H,93,94)/t78?,79-,80-,81-/m1/s1. The maximum atomic E-state index is 13.1. The molecule has 6 atom stereocenters. The second kappa shape index (κ2) is 76.4. The van der Waals surface area contributed by atoms with Crippen molar-refractivity contribution in [1.82, 2.24) is 0 Å². The molecule has 0 aliphatic carbocycles. The highest BCUT2D eigenvalue weighted by Gasteiger charge is 2.30. The number of hydrogen-bond acceptors (Lipinski definition) is 15.